The van der Waals surface area contributed by atoms with Crippen LogP contribution in [0, 0.1) is 6.92 Å². The average Bonchev–Trinajstić information content (AvgIpc) is 2.69. The number of rotatable bonds is 3. The predicted octanol–water partition coefficient (Wildman–Crippen LogP) is 1.50. The number of hydrogen-bond acceptors (Lipinski definition) is 4. The number of nitrogens with zero attached hydrogens (tertiary/aromatic N) is 3. The van der Waals surface area contributed by atoms with Crippen LogP contribution in [-0.2, 0) is 0 Å². The van der Waals surface area contributed by atoms with Gasteiger partial charge < -0.3 is 15.5 Å². The summed E-state index contributed by atoms with van der Waals surface area (Å²) in [4.78, 5) is 9.06. The van der Waals surface area contributed by atoms with Crippen molar-refractivity contribution in [3.05, 3.63) is 17.8 Å². The molecular weight excluding hydrogens is 212 g/mol. The number of pyridine rings is 1. The van der Waals surface area contributed by atoms with E-state index < -0.39 is 0 Å². The maximum atomic E-state index is 6.14. The van der Waals surface area contributed by atoms with Gasteiger partial charge in [0.15, 0.2) is 5.82 Å². The quantitative estimate of drug-likeness (QED) is 0.861. The molecule has 4 heteroatoms. The lowest BCUT2D eigenvalue weighted by atomic mass is 10.2. The zero-order valence-electron chi connectivity index (χ0n) is 11.0. The molecule has 2 N–H and O–H groups in total. The molecular formula is C13H22N4. The molecule has 17 heavy (non-hydrogen) atoms. The molecule has 0 radical (unpaired) electrons. The molecule has 1 atom stereocenters. The van der Waals surface area contributed by atoms with E-state index in [-0.39, 0.29) is 0 Å². The summed E-state index contributed by atoms with van der Waals surface area (Å²) in [5, 5.41) is 0. The smallest absolute Gasteiger partial charge is 0.152 e. The molecule has 2 heterocycles. The molecule has 2 rings (SSSR count). The first-order valence-electron chi connectivity index (χ1n) is 6.22. The van der Waals surface area contributed by atoms with Crippen LogP contribution in [0.15, 0.2) is 12.3 Å². The third-order valence-corrected chi connectivity index (χ3v) is 3.41. The van der Waals surface area contributed by atoms with Gasteiger partial charge in [0.25, 0.3) is 0 Å². The number of nitrogens with two attached hydrogens (primary N) is 1. The maximum absolute atomic E-state index is 6.14. The van der Waals surface area contributed by atoms with Gasteiger partial charge in [0.1, 0.15) is 0 Å². The SMILES string of the molecule is Cc1ccnc(N2CCCC2CN(C)C)c1N. The molecule has 1 aromatic heterocycles. The van der Waals surface area contributed by atoms with Crippen molar-refractivity contribution in [2.45, 2.75) is 25.8 Å². The highest BCUT2D eigenvalue weighted by atomic mass is 15.3. The average molecular weight is 234 g/mol. The fourth-order valence-electron chi connectivity index (χ4n) is 2.51. The summed E-state index contributed by atoms with van der Waals surface area (Å²) in [7, 11) is 4.23. The Kier molecular flexibility index (Phi) is 3.52. The lowest BCUT2D eigenvalue weighted by Crippen LogP contribution is -2.38. The number of nitrogen functional groups attached to an aromatic ring is 1. The minimum Gasteiger partial charge on any atom is -0.396 e. The van der Waals surface area contributed by atoms with Crippen molar-refractivity contribution in [1.82, 2.24) is 9.88 Å². The molecule has 1 unspecified atom stereocenters. The van der Waals surface area contributed by atoms with E-state index in [1.807, 2.05) is 19.2 Å². The highest BCUT2D eigenvalue weighted by molar-refractivity contribution is 5.67. The number of aromatic nitrogens is 1. The fourth-order valence-corrected chi connectivity index (χ4v) is 2.51. The Hall–Kier alpha value is -1.29. The molecule has 0 aliphatic carbocycles. The summed E-state index contributed by atoms with van der Waals surface area (Å²) in [6.07, 6.45) is 4.31. The number of likely N-dealkylation sites (N-methyl/N-ethyl adjacent to an activating group) is 1. The first-order valence-corrected chi connectivity index (χ1v) is 6.22. The highest BCUT2D eigenvalue weighted by Gasteiger charge is 2.27. The van der Waals surface area contributed by atoms with E-state index in [1.165, 1.54) is 12.8 Å². The van der Waals surface area contributed by atoms with E-state index in [0.717, 1.165) is 30.2 Å². The number of aryl methyl sites for hydroxylation is 1. The van der Waals surface area contributed by atoms with Gasteiger partial charge in [0, 0.05) is 25.3 Å². The Balaban J connectivity index is 2.23. The van der Waals surface area contributed by atoms with Gasteiger partial charge in [0.2, 0.25) is 0 Å². The minimum atomic E-state index is 0.543. The molecule has 0 spiro atoms. The summed E-state index contributed by atoms with van der Waals surface area (Å²) >= 11 is 0. The largest absolute Gasteiger partial charge is 0.396 e. The summed E-state index contributed by atoms with van der Waals surface area (Å²) in [5.41, 5.74) is 8.09. The van der Waals surface area contributed by atoms with E-state index in [1.54, 1.807) is 0 Å². The van der Waals surface area contributed by atoms with Crippen LogP contribution in [0.2, 0.25) is 0 Å². The first-order chi connectivity index (χ1) is 8.09. The molecule has 0 saturated carbocycles. The van der Waals surface area contributed by atoms with Gasteiger partial charge in [-0.15, -0.1) is 0 Å². The zero-order chi connectivity index (χ0) is 12.4. The lowest BCUT2D eigenvalue weighted by molar-refractivity contribution is 0.371. The third-order valence-electron chi connectivity index (χ3n) is 3.41. The van der Waals surface area contributed by atoms with Crippen molar-refractivity contribution in [3.63, 3.8) is 0 Å². The van der Waals surface area contributed by atoms with Crippen LogP contribution < -0.4 is 10.6 Å². The van der Waals surface area contributed by atoms with E-state index in [9.17, 15) is 0 Å². The fraction of sp³-hybridized carbons (Fsp3) is 0.615. The monoisotopic (exact) mass is 234 g/mol. The Morgan fingerprint density at radius 1 is 1.53 bits per heavy atom. The van der Waals surface area contributed by atoms with Gasteiger partial charge >= 0.3 is 0 Å². The summed E-state index contributed by atoms with van der Waals surface area (Å²) < 4.78 is 0. The molecule has 0 aromatic carbocycles. The van der Waals surface area contributed by atoms with Crippen LogP contribution in [-0.4, -0.2) is 43.1 Å². The normalized spacial score (nSPS) is 20.2. The van der Waals surface area contributed by atoms with Crippen LogP contribution in [0.4, 0.5) is 11.5 Å². The Labute approximate surface area is 103 Å². The van der Waals surface area contributed by atoms with E-state index in [4.69, 9.17) is 5.73 Å². The van der Waals surface area contributed by atoms with Gasteiger partial charge in [-0.2, -0.15) is 0 Å². The van der Waals surface area contributed by atoms with Crippen molar-refractivity contribution in [3.8, 4) is 0 Å². The number of hydrogen-bond donors (Lipinski definition) is 1. The second-order valence-electron chi connectivity index (χ2n) is 5.12. The predicted molar refractivity (Wildman–Crippen MR) is 72.3 cm³/mol. The van der Waals surface area contributed by atoms with E-state index in [0.29, 0.717) is 6.04 Å². The molecule has 0 amide bonds. The van der Waals surface area contributed by atoms with Crippen molar-refractivity contribution in [1.29, 1.82) is 0 Å². The van der Waals surface area contributed by atoms with Crippen molar-refractivity contribution in [2.24, 2.45) is 0 Å². The molecule has 1 fully saturated rings. The van der Waals surface area contributed by atoms with Gasteiger partial charge in [-0.05, 0) is 45.5 Å². The first kappa shape index (κ1) is 12.2. The van der Waals surface area contributed by atoms with Crippen LogP contribution in [0.25, 0.3) is 0 Å². The van der Waals surface area contributed by atoms with E-state index in [2.05, 4.69) is 28.9 Å². The molecule has 1 aliphatic heterocycles. The third kappa shape index (κ3) is 2.52. The van der Waals surface area contributed by atoms with Gasteiger partial charge in [-0.3, -0.25) is 0 Å². The van der Waals surface area contributed by atoms with Crippen molar-refractivity contribution in [2.75, 3.05) is 37.8 Å². The Morgan fingerprint density at radius 3 is 3.00 bits per heavy atom. The molecule has 4 nitrogen and oxygen atoms in total. The molecule has 94 valence electrons. The van der Waals surface area contributed by atoms with Crippen LogP contribution >= 0.6 is 0 Å². The van der Waals surface area contributed by atoms with Crippen LogP contribution in [0.1, 0.15) is 18.4 Å². The summed E-state index contributed by atoms with van der Waals surface area (Å²) in [5.74, 6) is 0.967. The molecule has 1 saturated heterocycles. The minimum absolute atomic E-state index is 0.543. The van der Waals surface area contributed by atoms with E-state index >= 15 is 0 Å². The maximum Gasteiger partial charge on any atom is 0.152 e. The zero-order valence-corrected chi connectivity index (χ0v) is 11.0. The topological polar surface area (TPSA) is 45.4 Å². The Bertz CT molecular complexity index is 389. The van der Waals surface area contributed by atoms with Crippen LogP contribution in [0.5, 0.6) is 0 Å². The second-order valence-corrected chi connectivity index (χ2v) is 5.12. The highest BCUT2D eigenvalue weighted by Crippen LogP contribution is 2.30. The van der Waals surface area contributed by atoms with Crippen molar-refractivity contribution < 1.29 is 0 Å². The lowest BCUT2D eigenvalue weighted by Gasteiger charge is -2.29. The van der Waals surface area contributed by atoms with Gasteiger partial charge in [0.05, 0.1) is 5.69 Å². The van der Waals surface area contributed by atoms with Gasteiger partial charge in [-0.25, -0.2) is 4.98 Å². The molecule has 1 aromatic rings. The van der Waals surface area contributed by atoms with Gasteiger partial charge in [-0.1, -0.05) is 0 Å². The standard InChI is InChI=1S/C13H22N4/c1-10-6-7-15-13(12(10)14)17-8-4-5-11(17)9-16(2)3/h6-7,11H,4-5,8-9,14H2,1-3H3. The summed E-state index contributed by atoms with van der Waals surface area (Å²) in [6, 6.07) is 2.51. The molecule has 1 aliphatic rings. The van der Waals surface area contributed by atoms with Crippen LogP contribution in [0.3, 0.4) is 0 Å². The van der Waals surface area contributed by atoms with Crippen molar-refractivity contribution >= 4 is 11.5 Å². The number of anilines is 2. The second kappa shape index (κ2) is 4.92. The molecule has 0 bridgehead atoms. The summed E-state index contributed by atoms with van der Waals surface area (Å²) in [6.45, 7) is 4.17. The Morgan fingerprint density at radius 2 is 2.29 bits per heavy atom.